The fourth-order valence-electron chi connectivity index (χ4n) is 3.65. The van der Waals surface area contributed by atoms with Crippen LogP contribution in [-0.2, 0) is 4.79 Å². The topological polar surface area (TPSA) is 74.9 Å². The highest BCUT2D eigenvalue weighted by atomic mass is 16.4. The lowest BCUT2D eigenvalue weighted by Crippen LogP contribution is -2.36. The van der Waals surface area contributed by atoms with E-state index in [1.54, 1.807) is 12.1 Å². The molecule has 1 aromatic heterocycles. The molecule has 1 aliphatic rings. The minimum absolute atomic E-state index is 0.121. The van der Waals surface area contributed by atoms with Crippen LogP contribution in [0.4, 0.5) is 0 Å². The maximum atomic E-state index is 12.9. The quantitative estimate of drug-likeness (QED) is 0.637. The second kappa shape index (κ2) is 8.63. The maximum Gasteiger partial charge on any atom is 0.345 e. The normalized spacial score (nSPS) is 16.3. The molecule has 6 nitrogen and oxygen atoms in total. The summed E-state index contributed by atoms with van der Waals surface area (Å²) in [6, 6.07) is 18.7. The van der Waals surface area contributed by atoms with Crippen molar-refractivity contribution in [2.75, 3.05) is 13.1 Å². The van der Waals surface area contributed by atoms with Gasteiger partial charge in [-0.25, -0.2) is 9.80 Å². The van der Waals surface area contributed by atoms with Crippen molar-refractivity contribution in [2.45, 2.75) is 26.3 Å². The summed E-state index contributed by atoms with van der Waals surface area (Å²) >= 11 is 0. The molecule has 0 saturated heterocycles. The number of nitrogens with zero attached hydrogens (tertiary/aromatic N) is 2. The van der Waals surface area contributed by atoms with Crippen LogP contribution in [0.25, 0.3) is 11.0 Å². The van der Waals surface area contributed by atoms with Gasteiger partial charge in [-0.05, 0) is 30.2 Å². The zero-order chi connectivity index (χ0) is 21.1. The lowest BCUT2D eigenvalue weighted by Gasteiger charge is -2.22. The molecule has 0 fully saturated rings. The van der Waals surface area contributed by atoms with Crippen LogP contribution >= 0.6 is 0 Å². The Hall–Kier alpha value is -3.25. The predicted octanol–water partition coefficient (Wildman–Crippen LogP) is 3.72. The molecule has 4 rings (SSSR count). The Kier molecular flexibility index (Phi) is 5.77. The van der Waals surface area contributed by atoms with Crippen molar-refractivity contribution >= 4 is 22.6 Å². The Morgan fingerprint density at radius 2 is 1.90 bits per heavy atom. The second-order valence-electron chi connectivity index (χ2n) is 7.93. The molecular formula is C24H25N3O3. The average Bonchev–Trinajstić information content (AvgIpc) is 3.19. The van der Waals surface area contributed by atoms with Crippen LogP contribution in [0.2, 0.25) is 0 Å². The van der Waals surface area contributed by atoms with E-state index < -0.39 is 5.63 Å². The largest absolute Gasteiger partial charge is 0.422 e. The molecule has 2 aromatic carbocycles. The number of para-hydroxylation sites is 1. The number of carbonyl (C=O) groups is 1. The first-order chi connectivity index (χ1) is 14.5. The van der Waals surface area contributed by atoms with Gasteiger partial charge < -0.3 is 9.73 Å². The van der Waals surface area contributed by atoms with Crippen molar-refractivity contribution in [3.63, 3.8) is 0 Å². The fraction of sp³-hybridized carbons (Fsp3) is 0.292. The Labute approximate surface area is 175 Å². The molecule has 1 amide bonds. The highest BCUT2D eigenvalue weighted by Gasteiger charge is 2.34. The first kappa shape index (κ1) is 20.0. The van der Waals surface area contributed by atoms with Gasteiger partial charge in [-0.15, -0.1) is 0 Å². The monoisotopic (exact) mass is 403 g/mol. The Morgan fingerprint density at radius 1 is 1.17 bits per heavy atom. The van der Waals surface area contributed by atoms with E-state index in [0.29, 0.717) is 29.2 Å². The SMILES string of the molecule is CC(C)CNCC(=O)N1N=C(c2cc3ccccc3oc2=O)CC1c1ccccc1. The lowest BCUT2D eigenvalue weighted by atomic mass is 9.98. The van der Waals surface area contributed by atoms with Crippen LogP contribution in [-0.4, -0.2) is 29.7 Å². The molecule has 0 bridgehead atoms. The molecule has 0 aliphatic carbocycles. The van der Waals surface area contributed by atoms with Gasteiger partial charge in [0, 0.05) is 11.8 Å². The van der Waals surface area contributed by atoms with Gasteiger partial charge in [0.1, 0.15) is 5.58 Å². The highest BCUT2D eigenvalue weighted by Crippen LogP contribution is 2.32. The van der Waals surface area contributed by atoms with Crippen molar-refractivity contribution < 1.29 is 9.21 Å². The molecule has 30 heavy (non-hydrogen) atoms. The number of hydrogen-bond donors (Lipinski definition) is 1. The van der Waals surface area contributed by atoms with Crippen LogP contribution in [0, 0.1) is 5.92 Å². The Bertz CT molecular complexity index is 1140. The molecule has 3 aromatic rings. The molecular weight excluding hydrogens is 378 g/mol. The summed E-state index contributed by atoms with van der Waals surface area (Å²) in [5, 5.41) is 10.1. The van der Waals surface area contributed by atoms with Gasteiger partial charge in [-0.2, -0.15) is 5.10 Å². The molecule has 0 spiro atoms. The van der Waals surface area contributed by atoms with Gasteiger partial charge in [-0.3, -0.25) is 4.79 Å². The third-order valence-corrected chi connectivity index (χ3v) is 5.13. The summed E-state index contributed by atoms with van der Waals surface area (Å²) < 4.78 is 5.48. The summed E-state index contributed by atoms with van der Waals surface area (Å²) in [5.41, 5.74) is 2.06. The Morgan fingerprint density at radius 3 is 2.67 bits per heavy atom. The zero-order valence-electron chi connectivity index (χ0n) is 17.2. The molecule has 154 valence electrons. The number of amides is 1. The highest BCUT2D eigenvalue weighted by molar-refractivity contribution is 6.04. The molecule has 1 unspecified atom stereocenters. The number of benzene rings is 2. The van der Waals surface area contributed by atoms with Crippen LogP contribution in [0.1, 0.15) is 37.4 Å². The summed E-state index contributed by atoms with van der Waals surface area (Å²) in [6.07, 6.45) is 0.461. The van der Waals surface area contributed by atoms with E-state index in [1.807, 2.05) is 48.5 Å². The van der Waals surface area contributed by atoms with Gasteiger partial charge in [-0.1, -0.05) is 62.4 Å². The van der Waals surface area contributed by atoms with Crippen molar-refractivity contribution in [3.8, 4) is 0 Å². The van der Waals surface area contributed by atoms with Crippen LogP contribution in [0.3, 0.4) is 0 Å². The summed E-state index contributed by atoms with van der Waals surface area (Å²) in [6.45, 7) is 5.13. The van der Waals surface area contributed by atoms with Crippen LogP contribution < -0.4 is 10.9 Å². The first-order valence-corrected chi connectivity index (χ1v) is 10.2. The number of carbonyl (C=O) groups excluding carboxylic acids is 1. The molecule has 1 atom stereocenters. The van der Waals surface area contributed by atoms with E-state index in [-0.39, 0.29) is 18.5 Å². The van der Waals surface area contributed by atoms with Crippen LogP contribution in [0.15, 0.2) is 75.0 Å². The number of rotatable bonds is 6. The molecule has 2 heterocycles. The number of hydrogen-bond acceptors (Lipinski definition) is 5. The van der Waals surface area contributed by atoms with Crippen molar-refractivity contribution in [3.05, 3.63) is 82.2 Å². The molecule has 1 aliphatic heterocycles. The Balaban J connectivity index is 1.67. The summed E-state index contributed by atoms with van der Waals surface area (Å²) in [5.74, 6) is 0.326. The summed E-state index contributed by atoms with van der Waals surface area (Å²) in [4.78, 5) is 25.6. The molecule has 0 saturated carbocycles. The van der Waals surface area contributed by atoms with Gasteiger partial charge in [0.05, 0.1) is 23.9 Å². The molecule has 0 radical (unpaired) electrons. The third-order valence-electron chi connectivity index (χ3n) is 5.13. The summed E-state index contributed by atoms with van der Waals surface area (Å²) in [7, 11) is 0. The predicted molar refractivity (Wildman–Crippen MR) is 117 cm³/mol. The molecule has 1 N–H and O–H groups in total. The van der Waals surface area contributed by atoms with E-state index in [0.717, 1.165) is 17.5 Å². The first-order valence-electron chi connectivity index (χ1n) is 10.2. The van der Waals surface area contributed by atoms with E-state index in [9.17, 15) is 9.59 Å². The van der Waals surface area contributed by atoms with E-state index in [1.165, 1.54) is 5.01 Å². The smallest absolute Gasteiger partial charge is 0.345 e. The standard InChI is InChI=1S/C24H25N3O3/c1-16(2)14-25-15-23(28)27-21(17-8-4-3-5-9-17)13-20(26-27)19-12-18-10-6-7-11-22(18)30-24(19)29/h3-12,16,21,25H,13-15H2,1-2H3. The van der Waals surface area contributed by atoms with E-state index in [2.05, 4.69) is 24.3 Å². The average molecular weight is 403 g/mol. The maximum absolute atomic E-state index is 12.9. The minimum Gasteiger partial charge on any atom is -0.422 e. The van der Waals surface area contributed by atoms with Gasteiger partial charge in [0.25, 0.3) is 5.91 Å². The zero-order valence-corrected chi connectivity index (χ0v) is 17.2. The van der Waals surface area contributed by atoms with Crippen molar-refractivity contribution in [1.82, 2.24) is 10.3 Å². The van der Waals surface area contributed by atoms with Crippen molar-refractivity contribution in [2.24, 2.45) is 11.0 Å². The van der Waals surface area contributed by atoms with Gasteiger partial charge in [0.15, 0.2) is 0 Å². The second-order valence-corrected chi connectivity index (χ2v) is 7.93. The minimum atomic E-state index is -0.438. The number of nitrogens with one attached hydrogen (secondary N) is 1. The van der Waals surface area contributed by atoms with E-state index in [4.69, 9.17) is 4.42 Å². The number of fused-ring (bicyclic) bond motifs is 1. The van der Waals surface area contributed by atoms with Crippen LogP contribution in [0.5, 0.6) is 0 Å². The van der Waals surface area contributed by atoms with Gasteiger partial charge in [0.2, 0.25) is 0 Å². The van der Waals surface area contributed by atoms with Gasteiger partial charge >= 0.3 is 5.63 Å². The third kappa shape index (κ3) is 4.19. The van der Waals surface area contributed by atoms with Crippen molar-refractivity contribution in [1.29, 1.82) is 0 Å². The molecule has 6 heteroatoms. The lowest BCUT2D eigenvalue weighted by molar-refractivity contribution is -0.132. The van der Waals surface area contributed by atoms with E-state index >= 15 is 0 Å². The number of hydrazone groups is 1. The fourth-order valence-corrected chi connectivity index (χ4v) is 3.65.